The summed E-state index contributed by atoms with van der Waals surface area (Å²) >= 11 is 5.03. The Labute approximate surface area is 172 Å². The molecule has 1 N–H and O–H groups in total. The lowest BCUT2D eigenvalue weighted by Gasteiger charge is -2.34. The first-order valence-electron chi connectivity index (χ1n) is 8.72. The van der Waals surface area contributed by atoms with Crippen LogP contribution in [0.25, 0.3) is 0 Å². The molecule has 0 atom stereocenters. The van der Waals surface area contributed by atoms with Gasteiger partial charge in [0.1, 0.15) is 0 Å². The summed E-state index contributed by atoms with van der Waals surface area (Å²) in [6.07, 6.45) is 0.167. The van der Waals surface area contributed by atoms with E-state index in [0.29, 0.717) is 13.1 Å². The highest BCUT2D eigenvalue weighted by molar-refractivity contribution is 9.10. The number of piperazine rings is 1. The summed E-state index contributed by atoms with van der Waals surface area (Å²) < 4.78 is 27.8. The Morgan fingerprint density at radius 2 is 1.81 bits per heavy atom. The zero-order valence-corrected chi connectivity index (χ0v) is 18.0. The van der Waals surface area contributed by atoms with E-state index in [1.165, 1.54) is 17.0 Å². The van der Waals surface area contributed by atoms with Crippen molar-refractivity contribution in [2.24, 2.45) is 0 Å². The van der Waals surface area contributed by atoms with Crippen molar-refractivity contribution in [3.63, 3.8) is 0 Å². The zero-order valence-electron chi connectivity index (χ0n) is 14.8. The Balaban J connectivity index is 1.41. The third-order valence-electron chi connectivity index (χ3n) is 4.44. The van der Waals surface area contributed by atoms with Crippen molar-refractivity contribution in [1.82, 2.24) is 14.5 Å². The lowest BCUT2D eigenvalue weighted by Crippen LogP contribution is -2.48. The Hall–Kier alpha value is -1.26. The number of hydrogen-bond acceptors (Lipinski definition) is 5. The van der Waals surface area contributed by atoms with Crippen molar-refractivity contribution in [1.29, 1.82) is 0 Å². The molecule has 1 aliphatic rings. The quantitative estimate of drug-likeness (QED) is 0.673. The van der Waals surface area contributed by atoms with E-state index < -0.39 is 10.0 Å². The number of hydrogen-bond donors (Lipinski definition) is 1. The molecular formula is C18H22BrN3O3S2. The molecule has 0 bridgehead atoms. The molecule has 0 aliphatic carbocycles. The third kappa shape index (κ3) is 5.86. The highest BCUT2D eigenvalue weighted by atomic mass is 79.9. The predicted octanol–water partition coefficient (Wildman–Crippen LogP) is 2.52. The van der Waals surface area contributed by atoms with Gasteiger partial charge in [0.15, 0.2) is 0 Å². The normalized spacial score (nSPS) is 15.8. The number of thiophene rings is 1. The molecule has 0 spiro atoms. The first-order chi connectivity index (χ1) is 12.9. The van der Waals surface area contributed by atoms with Crippen LogP contribution in [0.2, 0.25) is 0 Å². The van der Waals surface area contributed by atoms with Gasteiger partial charge >= 0.3 is 0 Å². The minimum Gasteiger partial charge on any atom is -0.340 e. The maximum atomic E-state index is 12.4. The van der Waals surface area contributed by atoms with Crippen LogP contribution in [0.4, 0.5) is 0 Å². The van der Waals surface area contributed by atoms with Gasteiger partial charge in [-0.3, -0.25) is 9.69 Å². The number of nitrogens with one attached hydrogen (secondary N) is 1. The standard InChI is InChI=1S/C18H22BrN3O3S2/c19-15-3-5-17(6-4-15)27(24,25)20-8-7-18(23)22-11-9-21(10-12-22)14-16-2-1-13-26-16/h1-6,13,20H,7-12,14H2. The predicted molar refractivity (Wildman–Crippen MR) is 110 cm³/mol. The van der Waals surface area contributed by atoms with E-state index in [2.05, 4.69) is 43.1 Å². The second kappa shape index (κ2) is 9.29. The molecule has 1 aromatic carbocycles. The van der Waals surface area contributed by atoms with Crippen LogP contribution < -0.4 is 4.72 Å². The smallest absolute Gasteiger partial charge is 0.240 e. The van der Waals surface area contributed by atoms with Crippen LogP contribution in [0.3, 0.4) is 0 Å². The molecule has 2 heterocycles. The summed E-state index contributed by atoms with van der Waals surface area (Å²) in [6.45, 7) is 4.08. The first kappa shape index (κ1) is 20.5. The maximum absolute atomic E-state index is 12.4. The zero-order chi connectivity index (χ0) is 19.3. The summed E-state index contributed by atoms with van der Waals surface area (Å²) in [7, 11) is -3.59. The van der Waals surface area contributed by atoms with Gasteiger partial charge in [-0.1, -0.05) is 22.0 Å². The van der Waals surface area contributed by atoms with Crippen LogP contribution in [-0.2, 0) is 21.4 Å². The number of carbonyl (C=O) groups excluding carboxylic acids is 1. The van der Waals surface area contributed by atoms with Crippen molar-refractivity contribution in [2.75, 3.05) is 32.7 Å². The number of benzene rings is 1. The maximum Gasteiger partial charge on any atom is 0.240 e. The van der Waals surface area contributed by atoms with E-state index in [9.17, 15) is 13.2 Å². The highest BCUT2D eigenvalue weighted by Crippen LogP contribution is 2.15. The molecule has 0 radical (unpaired) electrons. The molecule has 1 aliphatic heterocycles. The van der Waals surface area contributed by atoms with Crippen molar-refractivity contribution >= 4 is 43.2 Å². The lowest BCUT2D eigenvalue weighted by atomic mass is 10.2. The van der Waals surface area contributed by atoms with E-state index in [-0.39, 0.29) is 23.8 Å². The summed E-state index contributed by atoms with van der Waals surface area (Å²) in [4.78, 5) is 18.0. The number of carbonyl (C=O) groups is 1. The topological polar surface area (TPSA) is 69.7 Å². The third-order valence-corrected chi connectivity index (χ3v) is 7.31. The number of rotatable bonds is 7. The fraction of sp³-hybridized carbons (Fsp3) is 0.389. The molecular weight excluding hydrogens is 450 g/mol. The van der Waals surface area contributed by atoms with Gasteiger partial charge in [-0.15, -0.1) is 11.3 Å². The molecule has 27 heavy (non-hydrogen) atoms. The van der Waals surface area contributed by atoms with Gasteiger partial charge in [0.05, 0.1) is 4.90 Å². The minimum atomic E-state index is -3.59. The fourth-order valence-electron chi connectivity index (χ4n) is 2.93. The number of halogens is 1. The van der Waals surface area contributed by atoms with Crippen LogP contribution in [-0.4, -0.2) is 56.8 Å². The lowest BCUT2D eigenvalue weighted by molar-refractivity contribution is -0.132. The molecule has 6 nitrogen and oxygen atoms in total. The van der Waals surface area contributed by atoms with Crippen LogP contribution >= 0.6 is 27.3 Å². The molecule has 1 amide bonds. The SMILES string of the molecule is O=C(CCNS(=O)(=O)c1ccc(Br)cc1)N1CCN(Cc2cccs2)CC1. The van der Waals surface area contributed by atoms with Crippen molar-refractivity contribution in [2.45, 2.75) is 17.9 Å². The van der Waals surface area contributed by atoms with Gasteiger partial charge in [-0.05, 0) is 35.7 Å². The number of nitrogens with zero attached hydrogens (tertiary/aromatic N) is 2. The fourth-order valence-corrected chi connectivity index (χ4v) is 4.97. The summed E-state index contributed by atoms with van der Waals surface area (Å²) in [5.74, 6) is -0.00993. The molecule has 0 unspecified atom stereocenters. The Morgan fingerprint density at radius 1 is 1.11 bits per heavy atom. The van der Waals surface area contributed by atoms with E-state index in [0.717, 1.165) is 24.1 Å². The molecule has 1 saturated heterocycles. The van der Waals surface area contributed by atoms with Gasteiger partial charge in [0.25, 0.3) is 0 Å². The van der Waals surface area contributed by atoms with Crippen LogP contribution in [0, 0.1) is 0 Å². The van der Waals surface area contributed by atoms with E-state index in [4.69, 9.17) is 0 Å². The largest absolute Gasteiger partial charge is 0.340 e. The first-order valence-corrected chi connectivity index (χ1v) is 11.9. The molecule has 1 fully saturated rings. The van der Waals surface area contributed by atoms with Gasteiger partial charge in [0, 0.05) is 55.0 Å². The second-order valence-corrected chi connectivity index (χ2v) is 10.1. The molecule has 2 aromatic rings. The Kier molecular flexibility index (Phi) is 7.04. The van der Waals surface area contributed by atoms with Gasteiger partial charge in [0.2, 0.25) is 15.9 Å². The Morgan fingerprint density at radius 3 is 2.44 bits per heavy atom. The molecule has 9 heteroatoms. The van der Waals surface area contributed by atoms with Crippen molar-refractivity contribution in [3.8, 4) is 0 Å². The summed E-state index contributed by atoms with van der Waals surface area (Å²) in [5.41, 5.74) is 0. The van der Waals surface area contributed by atoms with Crippen molar-refractivity contribution in [3.05, 3.63) is 51.1 Å². The van der Waals surface area contributed by atoms with Crippen LogP contribution in [0.5, 0.6) is 0 Å². The van der Waals surface area contributed by atoms with Crippen LogP contribution in [0.1, 0.15) is 11.3 Å². The van der Waals surface area contributed by atoms with E-state index in [1.54, 1.807) is 23.5 Å². The molecule has 0 saturated carbocycles. The van der Waals surface area contributed by atoms with Gasteiger partial charge in [-0.2, -0.15) is 0 Å². The van der Waals surface area contributed by atoms with E-state index in [1.807, 2.05) is 4.90 Å². The molecule has 146 valence electrons. The average Bonchev–Trinajstić information content (AvgIpc) is 3.15. The number of amides is 1. The minimum absolute atomic E-state index is 0.00993. The van der Waals surface area contributed by atoms with Crippen LogP contribution in [0.15, 0.2) is 51.1 Å². The van der Waals surface area contributed by atoms with E-state index >= 15 is 0 Å². The van der Waals surface area contributed by atoms with Crippen molar-refractivity contribution < 1.29 is 13.2 Å². The van der Waals surface area contributed by atoms with Gasteiger partial charge < -0.3 is 4.90 Å². The Bertz CT molecular complexity index is 846. The molecule has 3 rings (SSSR count). The summed E-state index contributed by atoms with van der Waals surface area (Å²) in [5, 5.41) is 2.07. The second-order valence-electron chi connectivity index (χ2n) is 6.34. The average molecular weight is 472 g/mol. The number of sulfonamides is 1. The highest BCUT2D eigenvalue weighted by Gasteiger charge is 2.22. The monoisotopic (exact) mass is 471 g/mol. The van der Waals surface area contributed by atoms with Gasteiger partial charge in [-0.25, -0.2) is 13.1 Å². The molecule has 1 aromatic heterocycles. The summed E-state index contributed by atoms with van der Waals surface area (Å²) in [6, 6.07) is 10.6.